The Morgan fingerprint density at radius 1 is 1.24 bits per heavy atom. The van der Waals surface area contributed by atoms with Gasteiger partial charge in [0, 0.05) is 37.9 Å². The maximum absolute atomic E-state index is 12.9. The molecular weight excluding hydrogens is 312 g/mol. The minimum atomic E-state index is 0.0198. The largest absolute Gasteiger partial charge is 0.348 e. The summed E-state index contributed by atoms with van der Waals surface area (Å²) in [6.45, 7) is 5.00. The number of imidazole rings is 1. The average Bonchev–Trinajstić information content (AvgIpc) is 3.15. The van der Waals surface area contributed by atoms with Gasteiger partial charge in [-0.05, 0) is 31.7 Å². The van der Waals surface area contributed by atoms with E-state index in [2.05, 4.69) is 33.9 Å². The molecule has 5 heteroatoms. The van der Waals surface area contributed by atoms with Crippen molar-refractivity contribution in [2.45, 2.75) is 44.2 Å². The highest BCUT2D eigenvalue weighted by Crippen LogP contribution is 2.44. The van der Waals surface area contributed by atoms with Crippen molar-refractivity contribution in [1.29, 1.82) is 0 Å². The van der Waals surface area contributed by atoms with Gasteiger partial charge in [-0.1, -0.05) is 30.3 Å². The molecule has 1 atom stereocenters. The number of H-pyrrole nitrogens is 1. The van der Waals surface area contributed by atoms with Crippen molar-refractivity contribution in [3.63, 3.8) is 0 Å². The number of likely N-dealkylation sites (N-methyl/N-ethyl adjacent to an activating group) is 1. The molecule has 0 radical (unpaired) electrons. The topological polar surface area (TPSA) is 52.2 Å². The number of aromatic nitrogens is 2. The van der Waals surface area contributed by atoms with Crippen LogP contribution in [0.1, 0.15) is 42.1 Å². The van der Waals surface area contributed by atoms with Gasteiger partial charge in [0.15, 0.2) is 0 Å². The van der Waals surface area contributed by atoms with Crippen LogP contribution in [0.15, 0.2) is 36.7 Å². The van der Waals surface area contributed by atoms with E-state index < -0.39 is 0 Å². The van der Waals surface area contributed by atoms with Gasteiger partial charge in [-0.2, -0.15) is 0 Å². The Morgan fingerprint density at radius 3 is 2.60 bits per heavy atom. The van der Waals surface area contributed by atoms with Crippen LogP contribution in [0.5, 0.6) is 0 Å². The fraction of sp³-hybridized carbons (Fsp3) is 0.500. The molecule has 1 aromatic carbocycles. The first-order valence-corrected chi connectivity index (χ1v) is 9.13. The van der Waals surface area contributed by atoms with Gasteiger partial charge in [-0.15, -0.1) is 0 Å². The molecule has 2 aromatic rings. The molecule has 3 heterocycles. The Labute approximate surface area is 149 Å². The van der Waals surface area contributed by atoms with E-state index >= 15 is 0 Å². The average molecular weight is 338 g/mol. The molecule has 1 amide bonds. The fourth-order valence-electron chi connectivity index (χ4n) is 4.44. The van der Waals surface area contributed by atoms with Gasteiger partial charge in [0.2, 0.25) is 5.91 Å². The smallest absolute Gasteiger partial charge is 0.230 e. The lowest BCUT2D eigenvalue weighted by Crippen LogP contribution is -2.51. The van der Waals surface area contributed by atoms with Crippen LogP contribution in [0.4, 0.5) is 0 Å². The van der Waals surface area contributed by atoms with E-state index in [4.69, 9.17) is 0 Å². The molecule has 0 saturated carbocycles. The van der Waals surface area contributed by atoms with Crippen LogP contribution in [0.25, 0.3) is 0 Å². The fourth-order valence-corrected chi connectivity index (χ4v) is 4.44. The van der Waals surface area contributed by atoms with Gasteiger partial charge in [-0.3, -0.25) is 9.69 Å². The molecule has 1 spiro atoms. The van der Waals surface area contributed by atoms with Crippen LogP contribution in [-0.2, 0) is 11.3 Å². The minimum Gasteiger partial charge on any atom is -0.348 e. The first-order valence-electron chi connectivity index (χ1n) is 9.13. The first kappa shape index (κ1) is 16.3. The lowest BCUT2D eigenvalue weighted by atomic mass is 9.81. The molecule has 1 unspecified atom stereocenters. The highest BCUT2D eigenvalue weighted by atomic mass is 16.2. The molecule has 2 aliphatic heterocycles. The van der Waals surface area contributed by atoms with Crippen molar-refractivity contribution >= 4 is 5.91 Å². The number of benzene rings is 1. The van der Waals surface area contributed by atoms with Crippen molar-refractivity contribution in [2.24, 2.45) is 0 Å². The summed E-state index contributed by atoms with van der Waals surface area (Å²) in [5, 5.41) is 0. The number of hydrogen-bond acceptors (Lipinski definition) is 3. The quantitative estimate of drug-likeness (QED) is 0.936. The summed E-state index contributed by atoms with van der Waals surface area (Å²) in [4.78, 5) is 24.9. The maximum Gasteiger partial charge on any atom is 0.230 e. The Kier molecular flexibility index (Phi) is 4.12. The van der Waals surface area contributed by atoms with Crippen molar-refractivity contribution in [1.82, 2.24) is 19.8 Å². The number of aryl methyl sites for hydroxylation is 1. The molecule has 132 valence electrons. The summed E-state index contributed by atoms with van der Waals surface area (Å²) < 4.78 is 0. The summed E-state index contributed by atoms with van der Waals surface area (Å²) >= 11 is 0. The van der Waals surface area contributed by atoms with Crippen molar-refractivity contribution in [3.8, 4) is 0 Å². The second kappa shape index (κ2) is 6.30. The Bertz CT molecular complexity index is 746. The standard InChI is InChI=1S/C20H26N4O/c1-15-18(22-14-21-15)13-24-10-8-20(9-11-24)12-17(19(25)23(20)2)16-6-4-3-5-7-16/h3-7,14,17H,8-13H2,1-2H3,(H,21,22). The number of carbonyl (C=O) groups excluding carboxylic acids is 1. The normalized spacial score (nSPS) is 23.5. The number of piperidine rings is 1. The zero-order chi connectivity index (χ0) is 17.4. The van der Waals surface area contributed by atoms with E-state index in [1.54, 1.807) is 6.33 Å². The molecule has 0 aliphatic carbocycles. The van der Waals surface area contributed by atoms with Crippen molar-refractivity contribution in [2.75, 3.05) is 20.1 Å². The first-order chi connectivity index (χ1) is 12.1. The predicted octanol–water partition coefficient (Wildman–Crippen LogP) is 2.70. The van der Waals surface area contributed by atoms with Gasteiger partial charge in [0.25, 0.3) is 0 Å². The minimum absolute atomic E-state index is 0.0198. The third-order valence-corrected chi connectivity index (χ3v) is 6.22. The van der Waals surface area contributed by atoms with Crippen LogP contribution in [0, 0.1) is 6.92 Å². The molecule has 0 bridgehead atoms. The predicted molar refractivity (Wildman–Crippen MR) is 97.1 cm³/mol. The number of nitrogens with zero attached hydrogens (tertiary/aromatic N) is 3. The van der Waals surface area contributed by atoms with Gasteiger partial charge in [0.1, 0.15) is 0 Å². The highest BCUT2D eigenvalue weighted by molar-refractivity contribution is 5.87. The molecule has 1 N–H and O–H groups in total. The maximum atomic E-state index is 12.9. The van der Waals surface area contributed by atoms with Crippen molar-refractivity contribution in [3.05, 3.63) is 53.6 Å². The Morgan fingerprint density at radius 2 is 1.96 bits per heavy atom. The zero-order valence-corrected chi connectivity index (χ0v) is 15.0. The lowest BCUT2D eigenvalue weighted by molar-refractivity contribution is -0.131. The molecule has 2 fully saturated rings. The summed E-state index contributed by atoms with van der Waals surface area (Å²) in [5.74, 6) is 0.300. The van der Waals surface area contributed by atoms with E-state index in [-0.39, 0.29) is 17.4 Å². The van der Waals surface area contributed by atoms with Gasteiger partial charge < -0.3 is 9.88 Å². The van der Waals surface area contributed by atoms with Crippen LogP contribution in [0.3, 0.4) is 0 Å². The molecule has 5 nitrogen and oxygen atoms in total. The van der Waals surface area contributed by atoms with E-state index in [1.165, 1.54) is 0 Å². The summed E-state index contributed by atoms with van der Waals surface area (Å²) in [6.07, 6.45) is 4.80. The third-order valence-electron chi connectivity index (χ3n) is 6.22. The number of aromatic amines is 1. The molecule has 2 saturated heterocycles. The second-order valence-electron chi connectivity index (χ2n) is 7.54. The summed E-state index contributed by atoms with van der Waals surface area (Å²) in [5.41, 5.74) is 3.46. The summed E-state index contributed by atoms with van der Waals surface area (Å²) in [6, 6.07) is 10.2. The van der Waals surface area contributed by atoms with Crippen LogP contribution in [0.2, 0.25) is 0 Å². The zero-order valence-electron chi connectivity index (χ0n) is 15.0. The highest BCUT2D eigenvalue weighted by Gasteiger charge is 2.50. The van der Waals surface area contributed by atoms with Crippen molar-refractivity contribution < 1.29 is 4.79 Å². The number of amides is 1. The SMILES string of the molecule is Cc1[nH]cnc1CN1CCC2(CC1)CC(c1ccccc1)C(=O)N2C. The van der Waals surface area contributed by atoms with Gasteiger partial charge >= 0.3 is 0 Å². The van der Waals surface area contributed by atoms with Gasteiger partial charge in [0.05, 0.1) is 17.9 Å². The van der Waals surface area contributed by atoms with E-state index in [9.17, 15) is 4.79 Å². The molecule has 2 aliphatic rings. The monoisotopic (exact) mass is 338 g/mol. The molecular formula is C20H26N4O. The molecule has 25 heavy (non-hydrogen) atoms. The Hall–Kier alpha value is -2.14. The Balaban J connectivity index is 1.45. The van der Waals surface area contributed by atoms with E-state index in [0.717, 1.165) is 55.8 Å². The summed E-state index contributed by atoms with van der Waals surface area (Å²) in [7, 11) is 2.00. The number of likely N-dealkylation sites (tertiary alicyclic amines) is 2. The van der Waals surface area contributed by atoms with Gasteiger partial charge in [-0.25, -0.2) is 4.98 Å². The van der Waals surface area contributed by atoms with Crippen LogP contribution < -0.4 is 0 Å². The number of carbonyl (C=O) groups is 1. The second-order valence-corrected chi connectivity index (χ2v) is 7.54. The number of nitrogens with one attached hydrogen (secondary N) is 1. The number of rotatable bonds is 3. The molecule has 1 aromatic heterocycles. The van der Waals surface area contributed by atoms with E-state index in [0.29, 0.717) is 0 Å². The van der Waals surface area contributed by atoms with Crippen LogP contribution in [-0.4, -0.2) is 51.4 Å². The van der Waals surface area contributed by atoms with Crippen LogP contribution >= 0.6 is 0 Å². The lowest BCUT2D eigenvalue weighted by Gasteiger charge is -2.43. The number of hydrogen-bond donors (Lipinski definition) is 1. The molecule has 4 rings (SSSR count). The third kappa shape index (κ3) is 2.86. The van der Waals surface area contributed by atoms with E-state index in [1.807, 2.05) is 30.1 Å².